The molecule has 0 amide bonds. The SMILES string of the molecule is COc1c(Cl)ncnc1Nc1ccccc1SC. The lowest BCUT2D eigenvalue weighted by atomic mass is 10.3. The minimum Gasteiger partial charge on any atom is -0.490 e. The molecule has 6 heteroatoms. The smallest absolute Gasteiger partial charge is 0.199 e. The molecule has 0 saturated heterocycles. The molecule has 18 heavy (non-hydrogen) atoms. The molecule has 0 atom stereocenters. The third-order valence-electron chi connectivity index (χ3n) is 2.32. The zero-order chi connectivity index (χ0) is 13.0. The number of hydrogen-bond donors (Lipinski definition) is 1. The first kappa shape index (κ1) is 13.0. The van der Waals surface area contributed by atoms with Crippen LogP contribution in [0.1, 0.15) is 0 Å². The third-order valence-corrected chi connectivity index (χ3v) is 3.39. The highest BCUT2D eigenvalue weighted by Gasteiger charge is 2.11. The lowest BCUT2D eigenvalue weighted by Crippen LogP contribution is -2.00. The molecule has 2 aromatic rings. The summed E-state index contributed by atoms with van der Waals surface area (Å²) in [6.07, 6.45) is 3.42. The number of thioether (sulfide) groups is 1. The van der Waals surface area contributed by atoms with Crippen molar-refractivity contribution < 1.29 is 4.74 Å². The molecule has 0 unspecified atom stereocenters. The Morgan fingerprint density at radius 3 is 2.78 bits per heavy atom. The highest BCUT2D eigenvalue weighted by molar-refractivity contribution is 7.98. The Hall–Kier alpha value is -1.46. The van der Waals surface area contributed by atoms with Crippen molar-refractivity contribution in [3.05, 3.63) is 35.7 Å². The van der Waals surface area contributed by atoms with Gasteiger partial charge in [0.15, 0.2) is 16.7 Å². The zero-order valence-corrected chi connectivity index (χ0v) is 11.5. The van der Waals surface area contributed by atoms with E-state index in [1.165, 1.54) is 13.4 Å². The van der Waals surface area contributed by atoms with Crippen LogP contribution in [0.15, 0.2) is 35.5 Å². The van der Waals surface area contributed by atoms with E-state index in [-0.39, 0.29) is 5.15 Å². The number of para-hydroxylation sites is 1. The van der Waals surface area contributed by atoms with E-state index in [1.54, 1.807) is 11.8 Å². The Bertz CT molecular complexity index is 551. The molecule has 4 nitrogen and oxygen atoms in total. The Kier molecular flexibility index (Phi) is 4.28. The van der Waals surface area contributed by atoms with Crippen LogP contribution in [0.4, 0.5) is 11.5 Å². The summed E-state index contributed by atoms with van der Waals surface area (Å²) in [5, 5.41) is 3.49. The molecule has 0 saturated carbocycles. The van der Waals surface area contributed by atoms with E-state index in [1.807, 2.05) is 30.5 Å². The second-order valence-corrected chi connectivity index (χ2v) is 4.58. The average Bonchev–Trinajstić information content (AvgIpc) is 2.40. The van der Waals surface area contributed by atoms with Crippen LogP contribution >= 0.6 is 23.4 Å². The topological polar surface area (TPSA) is 47.0 Å². The Morgan fingerprint density at radius 2 is 2.06 bits per heavy atom. The quantitative estimate of drug-likeness (QED) is 0.685. The molecule has 0 aliphatic carbocycles. The second kappa shape index (κ2) is 5.93. The lowest BCUT2D eigenvalue weighted by Gasteiger charge is -2.12. The Balaban J connectivity index is 2.37. The van der Waals surface area contributed by atoms with Gasteiger partial charge in [-0.25, -0.2) is 9.97 Å². The van der Waals surface area contributed by atoms with Gasteiger partial charge >= 0.3 is 0 Å². The van der Waals surface area contributed by atoms with Crippen molar-refractivity contribution >= 4 is 34.9 Å². The van der Waals surface area contributed by atoms with Gasteiger partial charge in [-0.1, -0.05) is 23.7 Å². The first-order valence-corrected chi connectivity index (χ1v) is 6.81. The molecular formula is C12H12ClN3OS. The molecule has 94 valence electrons. The van der Waals surface area contributed by atoms with Gasteiger partial charge in [0.1, 0.15) is 6.33 Å². The van der Waals surface area contributed by atoms with Crippen molar-refractivity contribution in [1.29, 1.82) is 0 Å². The number of ether oxygens (including phenoxy) is 1. The van der Waals surface area contributed by atoms with E-state index in [4.69, 9.17) is 16.3 Å². The van der Waals surface area contributed by atoms with E-state index in [9.17, 15) is 0 Å². The van der Waals surface area contributed by atoms with Crippen LogP contribution in [0.3, 0.4) is 0 Å². The lowest BCUT2D eigenvalue weighted by molar-refractivity contribution is 0.413. The highest BCUT2D eigenvalue weighted by atomic mass is 35.5. The molecular weight excluding hydrogens is 270 g/mol. The number of anilines is 2. The number of rotatable bonds is 4. The standard InChI is InChI=1S/C12H12ClN3OS/c1-17-10-11(13)14-7-15-12(10)16-8-5-3-4-6-9(8)18-2/h3-7H,1-2H3,(H,14,15,16). The molecule has 1 N–H and O–H groups in total. The molecule has 0 bridgehead atoms. The molecule has 0 spiro atoms. The molecule has 0 aliphatic rings. The van der Waals surface area contributed by atoms with Gasteiger partial charge in [0, 0.05) is 4.90 Å². The number of benzene rings is 1. The van der Waals surface area contributed by atoms with Crippen molar-refractivity contribution in [3.63, 3.8) is 0 Å². The third kappa shape index (κ3) is 2.68. The minimum absolute atomic E-state index is 0.289. The van der Waals surface area contributed by atoms with Gasteiger partial charge in [-0.2, -0.15) is 0 Å². The van der Waals surface area contributed by atoms with Crippen LogP contribution in [-0.2, 0) is 0 Å². The van der Waals surface area contributed by atoms with E-state index in [0.29, 0.717) is 11.6 Å². The summed E-state index contributed by atoms with van der Waals surface area (Å²) in [5.74, 6) is 0.995. The second-order valence-electron chi connectivity index (χ2n) is 3.37. The van der Waals surface area contributed by atoms with Gasteiger partial charge in [-0.3, -0.25) is 0 Å². The summed E-state index contributed by atoms with van der Waals surface area (Å²) in [4.78, 5) is 9.14. The number of methoxy groups -OCH3 is 1. The van der Waals surface area contributed by atoms with Gasteiger partial charge in [-0.05, 0) is 18.4 Å². The van der Waals surface area contributed by atoms with Crippen molar-refractivity contribution in [2.24, 2.45) is 0 Å². The highest BCUT2D eigenvalue weighted by Crippen LogP contribution is 2.33. The van der Waals surface area contributed by atoms with Crippen LogP contribution in [0.5, 0.6) is 5.75 Å². The summed E-state index contributed by atoms with van der Waals surface area (Å²) >= 11 is 7.60. The summed E-state index contributed by atoms with van der Waals surface area (Å²) < 4.78 is 5.20. The first-order valence-electron chi connectivity index (χ1n) is 5.20. The van der Waals surface area contributed by atoms with Crippen LogP contribution in [-0.4, -0.2) is 23.3 Å². The fourth-order valence-corrected chi connectivity index (χ4v) is 2.26. The van der Waals surface area contributed by atoms with E-state index >= 15 is 0 Å². The normalized spacial score (nSPS) is 10.2. The number of nitrogens with one attached hydrogen (secondary N) is 1. The monoisotopic (exact) mass is 281 g/mol. The predicted octanol–water partition coefficient (Wildman–Crippen LogP) is 3.60. The Morgan fingerprint density at radius 1 is 1.28 bits per heavy atom. The van der Waals surface area contributed by atoms with E-state index < -0.39 is 0 Å². The largest absolute Gasteiger partial charge is 0.490 e. The van der Waals surface area contributed by atoms with Crippen LogP contribution < -0.4 is 10.1 Å². The number of halogens is 1. The fourth-order valence-electron chi connectivity index (χ4n) is 1.50. The predicted molar refractivity (Wildman–Crippen MR) is 75.1 cm³/mol. The van der Waals surface area contributed by atoms with Crippen molar-refractivity contribution in [2.45, 2.75) is 4.90 Å². The molecule has 1 aromatic heterocycles. The van der Waals surface area contributed by atoms with Crippen LogP contribution in [0.25, 0.3) is 0 Å². The van der Waals surface area contributed by atoms with Crippen molar-refractivity contribution in [3.8, 4) is 5.75 Å². The molecule has 0 fully saturated rings. The molecule has 2 rings (SSSR count). The molecule has 1 aromatic carbocycles. The molecule has 0 aliphatic heterocycles. The fraction of sp³-hybridized carbons (Fsp3) is 0.167. The minimum atomic E-state index is 0.289. The maximum absolute atomic E-state index is 5.95. The molecule has 0 radical (unpaired) electrons. The zero-order valence-electron chi connectivity index (χ0n) is 9.98. The van der Waals surface area contributed by atoms with Gasteiger partial charge < -0.3 is 10.1 Å². The maximum atomic E-state index is 5.95. The average molecular weight is 282 g/mol. The summed E-state index contributed by atoms with van der Waals surface area (Å²) in [6.45, 7) is 0. The Labute approximate surface area is 115 Å². The van der Waals surface area contributed by atoms with Gasteiger partial charge in [-0.15, -0.1) is 11.8 Å². The number of hydrogen-bond acceptors (Lipinski definition) is 5. The van der Waals surface area contributed by atoms with Crippen molar-refractivity contribution in [1.82, 2.24) is 9.97 Å². The van der Waals surface area contributed by atoms with E-state index in [2.05, 4.69) is 15.3 Å². The van der Waals surface area contributed by atoms with Gasteiger partial charge in [0.05, 0.1) is 12.8 Å². The van der Waals surface area contributed by atoms with Crippen LogP contribution in [0.2, 0.25) is 5.15 Å². The van der Waals surface area contributed by atoms with Gasteiger partial charge in [0.25, 0.3) is 0 Å². The maximum Gasteiger partial charge on any atom is 0.199 e. The molecule has 1 heterocycles. The van der Waals surface area contributed by atoms with Crippen LogP contribution in [0, 0.1) is 0 Å². The summed E-state index contributed by atoms with van der Waals surface area (Å²) in [7, 11) is 1.54. The summed E-state index contributed by atoms with van der Waals surface area (Å²) in [6, 6.07) is 7.95. The number of nitrogens with zero attached hydrogens (tertiary/aromatic N) is 2. The van der Waals surface area contributed by atoms with Crippen molar-refractivity contribution in [2.75, 3.05) is 18.7 Å². The van der Waals surface area contributed by atoms with Gasteiger partial charge in [0.2, 0.25) is 0 Å². The first-order chi connectivity index (χ1) is 8.76. The summed E-state index contributed by atoms with van der Waals surface area (Å²) in [5.41, 5.74) is 0.957. The van der Waals surface area contributed by atoms with E-state index in [0.717, 1.165) is 10.6 Å². The number of aromatic nitrogens is 2.